The maximum atomic E-state index is 12.1. The predicted molar refractivity (Wildman–Crippen MR) is 61.8 cm³/mol. The molecule has 0 aromatic carbocycles. The van der Waals surface area contributed by atoms with Gasteiger partial charge in [-0.2, -0.15) is 4.31 Å². The van der Waals surface area contributed by atoms with Crippen LogP contribution in [-0.4, -0.2) is 47.6 Å². The van der Waals surface area contributed by atoms with Crippen LogP contribution in [0.3, 0.4) is 0 Å². The first-order valence-corrected chi connectivity index (χ1v) is 6.49. The van der Waals surface area contributed by atoms with Crippen LogP contribution in [0.25, 0.3) is 0 Å². The van der Waals surface area contributed by atoms with E-state index in [-0.39, 0.29) is 10.8 Å². The number of nitrogen functional groups attached to an aromatic ring is 1. The summed E-state index contributed by atoms with van der Waals surface area (Å²) in [5, 5.41) is 2.01. The minimum absolute atomic E-state index is 0.0476. The summed E-state index contributed by atoms with van der Waals surface area (Å²) in [6.07, 6.45) is 2.07. The maximum Gasteiger partial charge on any atom is 0.247 e. The fraction of sp³-hybridized carbons (Fsp3) is 0.250. The molecule has 2 rings (SSSR count). The summed E-state index contributed by atoms with van der Waals surface area (Å²) in [6, 6.07) is 0. The monoisotopic (exact) mass is 286 g/mol. The van der Waals surface area contributed by atoms with Crippen LogP contribution in [0, 0.1) is 0 Å². The SMILES string of the molecule is NNc1ncc(S(=O)(=O)N2CC(=O)NC(=O)C2)cn1. The molecular weight excluding hydrogens is 276 g/mol. The van der Waals surface area contributed by atoms with E-state index in [0.717, 1.165) is 16.7 Å². The largest absolute Gasteiger partial charge is 0.294 e. The van der Waals surface area contributed by atoms with Gasteiger partial charge in [0.1, 0.15) is 4.90 Å². The highest BCUT2D eigenvalue weighted by atomic mass is 32.2. The molecular formula is C8H10N6O4S. The third-order valence-electron chi connectivity index (χ3n) is 2.31. The molecule has 0 saturated carbocycles. The number of aromatic nitrogens is 2. The average Bonchev–Trinajstić information content (AvgIpc) is 2.37. The standard InChI is InChI=1S/C8H10N6O4S/c9-13-8-10-1-5(2-11-8)19(17,18)14-3-6(15)12-7(16)4-14/h1-2H,3-4,9H2,(H,10,11,13)(H,12,15,16). The van der Waals surface area contributed by atoms with Crippen molar-refractivity contribution in [3.8, 4) is 0 Å². The van der Waals surface area contributed by atoms with E-state index in [0.29, 0.717) is 0 Å². The summed E-state index contributed by atoms with van der Waals surface area (Å²) in [5.41, 5.74) is 2.15. The van der Waals surface area contributed by atoms with E-state index in [1.54, 1.807) is 0 Å². The second-order valence-electron chi connectivity index (χ2n) is 3.63. The molecule has 19 heavy (non-hydrogen) atoms. The molecule has 0 aliphatic carbocycles. The number of piperazine rings is 1. The van der Waals surface area contributed by atoms with Gasteiger partial charge in [-0.15, -0.1) is 0 Å². The third kappa shape index (κ3) is 2.67. The van der Waals surface area contributed by atoms with Crippen molar-refractivity contribution in [3.05, 3.63) is 12.4 Å². The van der Waals surface area contributed by atoms with E-state index >= 15 is 0 Å². The average molecular weight is 286 g/mol. The Morgan fingerprint density at radius 1 is 1.21 bits per heavy atom. The Balaban J connectivity index is 2.30. The van der Waals surface area contributed by atoms with Crippen LogP contribution in [0.1, 0.15) is 0 Å². The first-order chi connectivity index (χ1) is 8.93. The van der Waals surface area contributed by atoms with Gasteiger partial charge in [-0.25, -0.2) is 24.2 Å². The molecule has 4 N–H and O–H groups in total. The highest BCUT2D eigenvalue weighted by molar-refractivity contribution is 7.89. The normalized spacial score (nSPS) is 17.1. The quantitative estimate of drug-likeness (QED) is 0.311. The number of amides is 2. The molecule has 0 atom stereocenters. The van der Waals surface area contributed by atoms with Crippen LogP contribution in [0.15, 0.2) is 17.3 Å². The number of nitrogens with one attached hydrogen (secondary N) is 2. The van der Waals surface area contributed by atoms with Crippen LogP contribution in [0.2, 0.25) is 0 Å². The minimum Gasteiger partial charge on any atom is -0.294 e. The Morgan fingerprint density at radius 2 is 1.74 bits per heavy atom. The van der Waals surface area contributed by atoms with Crippen molar-refractivity contribution in [1.29, 1.82) is 0 Å². The highest BCUT2D eigenvalue weighted by Gasteiger charge is 2.33. The number of hydrogen-bond acceptors (Lipinski definition) is 8. The zero-order valence-corrected chi connectivity index (χ0v) is 10.3. The molecule has 11 heteroatoms. The van der Waals surface area contributed by atoms with Gasteiger partial charge in [0.2, 0.25) is 27.8 Å². The summed E-state index contributed by atoms with van der Waals surface area (Å²) in [6.45, 7) is -0.851. The van der Waals surface area contributed by atoms with E-state index in [2.05, 4.69) is 15.4 Å². The maximum absolute atomic E-state index is 12.1. The molecule has 1 fully saturated rings. The van der Waals surface area contributed by atoms with Crippen LogP contribution in [0.5, 0.6) is 0 Å². The zero-order valence-electron chi connectivity index (χ0n) is 9.53. The molecule has 2 heterocycles. The molecule has 1 aliphatic rings. The number of anilines is 1. The van der Waals surface area contributed by atoms with Crippen molar-refractivity contribution in [3.63, 3.8) is 0 Å². The number of hydrazine groups is 1. The Morgan fingerprint density at radius 3 is 2.21 bits per heavy atom. The van der Waals surface area contributed by atoms with Gasteiger partial charge in [-0.3, -0.25) is 20.3 Å². The lowest BCUT2D eigenvalue weighted by Crippen LogP contribution is -2.53. The van der Waals surface area contributed by atoms with E-state index in [9.17, 15) is 18.0 Å². The van der Waals surface area contributed by atoms with Crippen LogP contribution in [0.4, 0.5) is 5.95 Å². The summed E-state index contributed by atoms with van der Waals surface area (Å²) in [7, 11) is -3.99. The van der Waals surface area contributed by atoms with Gasteiger partial charge in [0.05, 0.1) is 25.5 Å². The van der Waals surface area contributed by atoms with Crippen LogP contribution < -0.4 is 16.6 Å². The molecule has 0 bridgehead atoms. The number of carbonyl (C=O) groups is 2. The lowest BCUT2D eigenvalue weighted by atomic mass is 10.4. The van der Waals surface area contributed by atoms with Crippen molar-refractivity contribution < 1.29 is 18.0 Å². The van der Waals surface area contributed by atoms with Crippen LogP contribution >= 0.6 is 0 Å². The first-order valence-electron chi connectivity index (χ1n) is 5.05. The highest BCUT2D eigenvalue weighted by Crippen LogP contribution is 2.15. The smallest absolute Gasteiger partial charge is 0.247 e. The minimum atomic E-state index is -3.99. The number of carbonyl (C=O) groups excluding carboxylic acids is 2. The summed E-state index contributed by atoms with van der Waals surface area (Å²) < 4.78 is 25.0. The van der Waals surface area contributed by atoms with Gasteiger partial charge in [0.25, 0.3) is 0 Å². The fourth-order valence-electron chi connectivity index (χ4n) is 1.45. The topological polar surface area (TPSA) is 147 Å². The van der Waals surface area contributed by atoms with Crippen molar-refractivity contribution in [1.82, 2.24) is 19.6 Å². The third-order valence-corrected chi connectivity index (χ3v) is 4.06. The summed E-state index contributed by atoms with van der Waals surface area (Å²) in [4.78, 5) is 29.4. The van der Waals surface area contributed by atoms with Crippen molar-refractivity contribution >= 4 is 27.8 Å². The lowest BCUT2D eigenvalue weighted by Gasteiger charge is -2.24. The van der Waals surface area contributed by atoms with E-state index in [4.69, 9.17) is 5.84 Å². The van der Waals surface area contributed by atoms with Gasteiger partial charge in [-0.1, -0.05) is 0 Å². The molecule has 1 aromatic heterocycles. The number of hydrogen-bond donors (Lipinski definition) is 3. The van der Waals surface area contributed by atoms with E-state index in [1.807, 2.05) is 5.32 Å². The molecule has 0 unspecified atom stereocenters. The summed E-state index contributed by atoms with van der Waals surface area (Å²) >= 11 is 0. The molecule has 2 amide bonds. The van der Waals surface area contributed by atoms with Gasteiger partial charge in [0.15, 0.2) is 0 Å². The van der Waals surface area contributed by atoms with Crippen molar-refractivity contribution in [2.75, 3.05) is 18.5 Å². The van der Waals surface area contributed by atoms with Crippen molar-refractivity contribution in [2.45, 2.75) is 4.90 Å². The predicted octanol–water partition coefficient (Wildman–Crippen LogP) is -2.59. The Bertz CT molecular complexity index is 597. The first kappa shape index (κ1) is 13.3. The Labute approximate surface area is 108 Å². The molecule has 1 saturated heterocycles. The second-order valence-corrected chi connectivity index (χ2v) is 5.57. The van der Waals surface area contributed by atoms with Crippen LogP contribution in [-0.2, 0) is 19.6 Å². The number of nitrogens with two attached hydrogens (primary N) is 1. The Hall–Kier alpha value is -2.11. The Kier molecular flexibility index (Phi) is 3.42. The van der Waals surface area contributed by atoms with Crippen molar-refractivity contribution in [2.24, 2.45) is 5.84 Å². The van der Waals surface area contributed by atoms with Gasteiger partial charge in [-0.05, 0) is 0 Å². The zero-order chi connectivity index (χ0) is 14.0. The molecule has 1 aliphatic heterocycles. The van der Waals surface area contributed by atoms with E-state index < -0.39 is 34.9 Å². The molecule has 10 nitrogen and oxygen atoms in total. The van der Waals surface area contributed by atoms with E-state index in [1.165, 1.54) is 0 Å². The number of rotatable bonds is 3. The summed E-state index contributed by atoms with van der Waals surface area (Å²) in [5.74, 6) is 3.74. The second kappa shape index (κ2) is 4.87. The fourth-order valence-corrected chi connectivity index (χ4v) is 2.70. The molecule has 0 spiro atoms. The van der Waals surface area contributed by atoms with Gasteiger partial charge < -0.3 is 0 Å². The molecule has 0 radical (unpaired) electrons. The number of imide groups is 1. The molecule has 102 valence electrons. The van der Waals surface area contributed by atoms with Gasteiger partial charge >= 0.3 is 0 Å². The van der Waals surface area contributed by atoms with Gasteiger partial charge in [0, 0.05) is 0 Å². The lowest BCUT2D eigenvalue weighted by molar-refractivity contribution is -0.134. The molecule has 1 aromatic rings. The number of sulfonamides is 1. The number of nitrogens with zero attached hydrogens (tertiary/aromatic N) is 3.